The summed E-state index contributed by atoms with van der Waals surface area (Å²) in [5.41, 5.74) is 0. The summed E-state index contributed by atoms with van der Waals surface area (Å²) in [5.74, 6) is -3.61. The van der Waals surface area contributed by atoms with Gasteiger partial charge in [0.25, 0.3) is 5.95 Å². The van der Waals surface area contributed by atoms with Crippen LogP contribution in [0.4, 0.5) is 19.0 Å². The summed E-state index contributed by atoms with van der Waals surface area (Å²) in [6.45, 7) is 1.78. The van der Waals surface area contributed by atoms with Crippen LogP contribution < -0.4 is 5.32 Å². The van der Waals surface area contributed by atoms with Gasteiger partial charge in [0.2, 0.25) is 0 Å². The third kappa shape index (κ3) is 2.88. The molecule has 1 aliphatic heterocycles. The summed E-state index contributed by atoms with van der Waals surface area (Å²) in [6.07, 6.45) is 1.66. The zero-order valence-electron chi connectivity index (χ0n) is 9.51. The Labute approximate surface area is 97.6 Å². The van der Waals surface area contributed by atoms with Gasteiger partial charge in [-0.3, -0.25) is 0 Å². The van der Waals surface area contributed by atoms with Crippen LogP contribution in [0.2, 0.25) is 0 Å². The lowest BCUT2D eigenvalue weighted by Gasteiger charge is -2.29. The number of likely N-dealkylation sites (tertiary alicyclic amines) is 1. The molecule has 0 amide bonds. The molecule has 0 atom stereocenters. The van der Waals surface area contributed by atoms with E-state index in [1.165, 1.54) is 0 Å². The third-order valence-electron chi connectivity index (χ3n) is 2.95. The molecule has 17 heavy (non-hydrogen) atoms. The van der Waals surface area contributed by atoms with Gasteiger partial charge in [-0.1, -0.05) is 0 Å². The normalized spacial score (nSPS) is 18.4. The quantitative estimate of drug-likeness (QED) is 0.808. The van der Waals surface area contributed by atoms with Crippen LogP contribution in [0.3, 0.4) is 0 Å². The van der Waals surface area contributed by atoms with E-state index in [0.717, 1.165) is 25.9 Å². The highest BCUT2D eigenvalue weighted by Crippen LogP contribution is 2.18. The van der Waals surface area contributed by atoms with E-state index < -0.39 is 17.6 Å². The Kier molecular flexibility index (Phi) is 3.51. The number of nitrogens with one attached hydrogen (secondary N) is 1. The molecule has 1 aromatic rings. The summed E-state index contributed by atoms with van der Waals surface area (Å²) < 4.78 is 38.9. The molecule has 94 valence electrons. The summed E-state index contributed by atoms with van der Waals surface area (Å²) >= 11 is 0. The fourth-order valence-electron chi connectivity index (χ4n) is 1.89. The molecular weight excluding hydrogens is 231 g/mol. The van der Waals surface area contributed by atoms with Gasteiger partial charge in [-0.15, -0.1) is 0 Å². The third-order valence-corrected chi connectivity index (χ3v) is 2.95. The molecule has 0 aromatic carbocycles. The van der Waals surface area contributed by atoms with Crippen molar-refractivity contribution in [1.29, 1.82) is 0 Å². The van der Waals surface area contributed by atoms with E-state index in [1.54, 1.807) is 0 Å². The minimum atomic E-state index is -1.28. The van der Waals surface area contributed by atoms with Crippen molar-refractivity contribution >= 4 is 5.82 Å². The van der Waals surface area contributed by atoms with Crippen LogP contribution in [-0.4, -0.2) is 36.1 Å². The van der Waals surface area contributed by atoms with Gasteiger partial charge in [0.15, 0.2) is 17.5 Å². The van der Waals surface area contributed by atoms with Crippen molar-refractivity contribution in [3.05, 3.63) is 23.6 Å². The highest BCUT2D eigenvalue weighted by atomic mass is 19.2. The van der Waals surface area contributed by atoms with Crippen LogP contribution in [-0.2, 0) is 0 Å². The molecule has 1 aromatic heterocycles. The van der Waals surface area contributed by atoms with Crippen molar-refractivity contribution < 1.29 is 13.2 Å². The molecular formula is C11H14F3N3. The first-order valence-electron chi connectivity index (χ1n) is 5.53. The molecule has 0 aliphatic carbocycles. The topological polar surface area (TPSA) is 28.2 Å². The molecule has 2 heterocycles. The summed E-state index contributed by atoms with van der Waals surface area (Å²) in [6, 6.07) is 0.567. The van der Waals surface area contributed by atoms with Crippen molar-refractivity contribution in [2.45, 2.75) is 18.9 Å². The van der Waals surface area contributed by atoms with Crippen molar-refractivity contribution in [2.24, 2.45) is 0 Å². The predicted octanol–water partition coefficient (Wildman–Crippen LogP) is 2.00. The molecule has 0 bridgehead atoms. The van der Waals surface area contributed by atoms with Crippen LogP contribution in [0.25, 0.3) is 0 Å². The predicted molar refractivity (Wildman–Crippen MR) is 58.3 cm³/mol. The lowest BCUT2D eigenvalue weighted by molar-refractivity contribution is 0.263. The maximum atomic E-state index is 13.3. The molecule has 0 saturated carbocycles. The lowest BCUT2D eigenvalue weighted by atomic mass is 10.1. The SMILES string of the molecule is CN1CCC(Nc2nc(F)c(F)cc2F)CC1. The Balaban J connectivity index is 2.06. The number of piperidine rings is 1. The standard InChI is InChI=1S/C11H14F3N3/c1-17-4-2-7(3-5-17)15-11-9(13)6-8(12)10(14)16-11/h6-7H,2-5H2,1H3,(H,15,16). The molecule has 1 saturated heterocycles. The molecule has 0 spiro atoms. The van der Waals surface area contributed by atoms with Crippen molar-refractivity contribution in [3.8, 4) is 0 Å². The Morgan fingerprint density at radius 2 is 1.88 bits per heavy atom. The second-order valence-electron chi connectivity index (χ2n) is 4.31. The second kappa shape index (κ2) is 4.91. The zero-order chi connectivity index (χ0) is 12.4. The second-order valence-corrected chi connectivity index (χ2v) is 4.31. The molecule has 3 nitrogen and oxygen atoms in total. The van der Waals surface area contributed by atoms with Gasteiger partial charge in [0.1, 0.15) is 0 Å². The van der Waals surface area contributed by atoms with E-state index in [9.17, 15) is 13.2 Å². The fourth-order valence-corrected chi connectivity index (χ4v) is 1.89. The first-order chi connectivity index (χ1) is 8.06. The average molecular weight is 245 g/mol. The van der Waals surface area contributed by atoms with Crippen molar-refractivity contribution in [3.63, 3.8) is 0 Å². The van der Waals surface area contributed by atoms with Gasteiger partial charge < -0.3 is 10.2 Å². The number of halogens is 3. The number of rotatable bonds is 2. The van der Waals surface area contributed by atoms with Gasteiger partial charge in [0, 0.05) is 12.1 Å². The Bertz CT molecular complexity index is 403. The molecule has 1 aliphatic rings. The smallest absolute Gasteiger partial charge is 0.251 e. The van der Waals surface area contributed by atoms with Crippen LogP contribution in [0.5, 0.6) is 0 Å². The zero-order valence-corrected chi connectivity index (χ0v) is 9.51. The first kappa shape index (κ1) is 12.2. The molecule has 0 radical (unpaired) electrons. The van der Waals surface area contributed by atoms with Crippen molar-refractivity contribution in [2.75, 3.05) is 25.5 Å². The summed E-state index contributed by atoms with van der Waals surface area (Å²) in [5, 5.41) is 2.82. The maximum absolute atomic E-state index is 13.3. The Morgan fingerprint density at radius 1 is 1.24 bits per heavy atom. The van der Waals surface area contributed by atoms with E-state index in [-0.39, 0.29) is 11.9 Å². The molecule has 1 N–H and O–H groups in total. The van der Waals surface area contributed by atoms with E-state index in [0.29, 0.717) is 6.07 Å². The monoisotopic (exact) mass is 245 g/mol. The number of pyridine rings is 1. The average Bonchev–Trinajstić information content (AvgIpc) is 2.29. The largest absolute Gasteiger partial charge is 0.365 e. The Morgan fingerprint density at radius 3 is 2.53 bits per heavy atom. The summed E-state index contributed by atoms with van der Waals surface area (Å²) in [7, 11) is 2.01. The summed E-state index contributed by atoms with van der Waals surface area (Å²) in [4.78, 5) is 5.40. The highest BCUT2D eigenvalue weighted by molar-refractivity contribution is 5.37. The number of nitrogens with zero attached hydrogens (tertiary/aromatic N) is 2. The number of hydrogen-bond acceptors (Lipinski definition) is 3. The number of aromatic nitrogens is 1. The number of anilines is 1. The fraction of sp³-hybridized carbons (Fsp3) is 0.545. The molecule has 6 heteroatoms. The minimum absolute atomic E-state index is 0.0538. The van der Waals surface area contributed by atoms with Crippen LogP contribution in [0.1, 0.15) is 12.8 Å². The van der Waals surface area contributed by atoms with Crippen LogP contribution in [0, 0.1) is 17.6 Å². The molecule has 2 rings (SSSR count). The maximum Gasteiger partial charge on any atom is 0.251 e. The molecule has 1 fully saturated rings. The van der Waals surface area contributed by atoms with Gasteiger partial charge in [-0.25, -0.2) is 8.78 Å². The van der Waals surface area contributed by atoms with Crippen LogP contribution >= 0.6 is 0 Å². The highest BCUT2D eigenvalue weighted by Gasteiger charge is 2.19. The van der Waals surface area contributed by atoms with Crippen molar-refractivity contribution in [1.82, 2.24) is 9.88 Å². The van der Waals surface area contributed by atoms with Gasteiger partial charge in [-0.05, 0) is 33.0 Å². The van der Waals surface area contributed by atoms with E-state index in [4.69, 9.17) is 0 Å². The first-order valence-corrected chi connectivity index (χ1v) is 5.53. The Hall–Kier alpha value is -1.30. The lowest BCUT2D eigenvalue weighted by Crippen LogP contribution is -2.37. The van der Waals surface area contributed by atoms with Gasteiger partial charge in [-0.2, -0.15) is 9.37 Å². The minimum Gasteiger partial charge on any atom is -0.365 e. The van der Waals surface area contributed by atoms with E-state index in [2.05, 4.69) is 15.2 Å². The van der Waals surface area contributed by atoms with E-state index in [1.807, 2.05) is 7.05 Å². The molecule has 0 unspecified atom stereocenters. The van der Waals surface area contributed by atoms with Gasteiger partial charge >= 0.3 is 0 Å². The van der Waals surface area contributed by atoms with Crippen LogP contribution in [0.15, 0.2) is 6.07 Å². The van der Waals surface area contributed by atoms with E-state index >= 15 is 0 Å². The van der Waals surface area contributed by atoms with Gasteiger partial charge in [0.05, 0.1) is 0 Å². The number of hydrogen-bond donors (Lipinski definition) is 1.